The van der Waals surface area contributed by atoms with Gasteiger partial charge in [-0.15, -0.1) is 0 Å². The molecule has 2 aliphatic heterocycles. The van der Waals surface area contributed by atoms with Crippen molar-refractivity contribution in [3.63, 3.8) is 0 Å². The van der Waals surface area contributed by atoms with E-state index in [4.69, 9.17) is 18.6 Å². The molecule has 3 heterocycles. The SMILES string of the molecule is CCCCOc1c(CC(C)C)cc2c(C(CCC)C3CC(O)C4(OC4CC)C(O)O3)coc2c1C=O. The monoisotopic (exact) mass is 502 g/mol. The molecule has 0 radical (unpaired) electrons. The summed E-state index contributed by atoms with van der Waals surface area (Å²) in [6, 6.07) is 2.10. The fourth-order valence-corrected chi connectivity index (χ4v) is 5.86. The van der Waals surface area contributed by atoms with Gasteiger partial charge in [0, 0.05) is 23.3 Å². The Bertz CT molecular complexity index is 1030. The lowest BCUT2D eigenvalue weighted by Crippen LogP contribution is -2.53. The van der Waals surface area contributed by atoms with Crippen molar-refractivity contribution in [1.29, 1.82) is 0 Å². The van der Waals surface area contributed by atoms with Crippen LogP contribution in [0.1, 0.15) is 101 Å². The summed E-state index contributed by atoms with van der Waals surface area (Å²) in [5, 5.41) is 22.7. The number of furan rings is 1. The second-order valence-corrected chi connectivity index (χ2v) is 10.8. The molecule has 6 atom stereocenters. The number of epoxide rings is 1. The number of rotatable bonds is 12. The first-order valence-corrected chi connectivity index (χ1v) is 13.7. The summed E-state index contributed by atoms with van der Waals surface area (Å²) in [6.45, 7) is 11.0. The molecule has 2 N–H and O–H groups in total. The van der Waals surface area contributed by atoms with Crippen molar-refractivity contribution in [2.45, 2.75) is 116 Å². The lowest BCUT2D eigenvalue weighted by atomic mass is 9.80. The molecule has 0 amide bonds. The van der Waals surface area contributed by atoms with Crippen LogP contribution in [-0.2, 0) is 15.9 Å². The van der Waals surface area contributed by atoms with E-state index in [0.717, 1.165) is 54.9 Å². The number of hydrogen-bond donors (Lipinski definition) is 2. The molecule has 7 heteroatoms. The molecule has 2 saturated heterocycles. The van der Waals surface area contributed by atoms with Gasteiger partial charge in [-0.3, -0.25) is 4.79 Å². The maximum atomic E-state index is 12.3. The molecule has 7 nitrogen and oxygen atoms in total. The zero-order chi connectivity index (χ0) is 26.0. The summed E-state index contributed by atoms with van der Waals surface area (Å²) in [5.41, 5.74) is 1.88. The van der Waals surface area contributed by atoms with Crippen molar-refractivity contribution in [2.24, 2.45) is 5.92 Å². The molecular weight excluding hydrogens is 460 g/mol. The standard InChI is InChI=1S/C29H42O7/c1-6-9-11-33-26-18(12-17(4)5)13-20-22(16-34-27(20)21(26)15-30)19(10-7-2)23-14-24(31)29(28(32)35-23)25(8-3)36-29/h13,15-17,19,23-25,28,31-32H,6-12,14H2,1-5H3. The Hall–Kier alpha value is -1.93. The summed E-state index contributed by atoms with van der Waals surface area (Å²) in [5.74, 6) is 0.881. The first kappa shape index (κ1) is 27.1. The van der Waals surface area contributed by atoms with Crippen LogP contribution in [0.15, 0.2) is 16.7 Å². The van der Waals surface area contributed by atoms with E-state index < -0.39 is 24.1 Å². The van der Waals surface area contributed by atoms with Crippen LogP contribution in [0.4, 0.5) is 0 Å². The largest absolute Gasteiger partial charge is 0.492 e. The maximum Gasteiger partial charge on any atom is 0.189 e. The van der Waals surface area contributed by atoms with Crippen LogP contribution in [0.5, 0.6) is 5.75 Å². The average molecular weight is 503 g/mol. The topological polar surface area (TPSA) is 102 Å². The van der Waals surface area contributed by atoms with Gasteiger partial charge < -0.3 is 28.8 Å². The van der Waals surface area contributed by atoms with Gasteiger partial charge in [0.2, 0.25) is 0 Å². The summed E-state index contributed by atoms with van der Waals surface area (Å²) in [4.78, 5) is 12.3. The number of benzene rings is 1. The van der Waals surface area contributed by atoms with Crippen molar-refractivity contribution in [1.82, 2.24) is 0 Å². The molecule has 2 aromatic rings. The molecular formula is C29H42O7. The van der Waals surface area contributed by atoms with Crippen LogP contribution in [0.25, 0.3) is 11.0 Å². The van der Waals surface area contributed by atoms with Gasteiger partial charge >= 0.3 is 0 Å². The van der Waals surface area contributed by atoms with Gasteiger partial charge in [-0.25, -0.2) is 0 Å². The molecule has 1 aromatic carbocycles. The fourth-order valence-electron chi connectivity index (χ4n) is 5.86. The van der Waals surface area contributed by atoms with Crippen LogP contribution >= 0.6 is 0 Å². The van der Waals surface area contributed by atoms with Gasteiger partial charge in [0.15, 0.2) is 18.2 Å². The Morgan fingerprint density at radius 1 is 1.22 bits per heavy atom. The van der Waals surface area contributed by atoms with Crippen molar-refractivity contribution in [2.75, 3.05) is 6.61 Å². The molecule has 1 aromatic heterocycles. The normalized spacial score (nSPS) is 28.7. The number of ether oxygens (including phenoxy) is 3. The molecule has 0 aliphatic carbocycles. The number of unbranched alkanes of at least 4 members (excludes halogenated alkanes) is 1. The first-order valence-electron chi connectivity index (χ1n) is 13.7. The minimum Gasteiger partial charge on any atom is -0.492 e. The van der Waals surface area contributed by atoms with Crippen LogP contribution in [0.2, 0.25) is 0 Å². The van der Waals surface area contributed by atoms with E-state index in [-0.39, 0.29) is 12.0 Å². The van der Waals surface area contributed by atoms with Crippen molar-refractivity contribution >= 4 is 17.3 Å². The van der Waals surface area contributed by atoms with Crippen LogP contribution in [0, 0.1) is 5.92 Å². The van der Waals surface area contributed by atoms with E-state index in [2.05, 4.69) is 33.8 Å². The number of fused-ring (bicyclic) bond motifs is 1. The molecule has 1 spiro atoms. The number of aliphatic hydroxyl groups excluding tert-OH is 2. The maximum absolute atomic E-state index is 12.3. The summed E-state index contributed by atoms with van der Waals surface area (Å²) in [7, 11) is 0. The van der Waals surface area contributed by atoms with Gasteiger partial charge in [-0.2, -0.15) is 0 Å². The number of carbonyl (C=O) groups excluding carboxylic acids is 1. The van der Waals surface area contributed by atoms with Gasteiger partial charge in [0.25, 0.3) is 0 Å². The highest BCUT2D eigenvalue weighted by atomic mass is 16.7. The highest BCUT2D eigenvalue weighted by molar-refractivity contribution is 6.00. The quantitative estimate of drug-likeness (QED) is 0.224. The lowest BCUT2D eigenvalue weighted by molar-refractivity contribution is -0.236. The van der Waals surface area contributed by atoms with Crippen molar-refractivity contribution in [3.8, 4) is 5.75 Å². The number of hydrogen-bond acceptors (Lipinski definition) is 7. The van der Waals surface area contributed by atoms with E-state index in [0.29, 0.717) is 42.3 Å². The minimum atomic E-state index is -1.19. The van der Waals surface area contributed by atoms with Gasteiger partial charge in [0.1, 0.15) is 11.3 Å². The molecule has 0 bridgehead atoms. The number of carbonyl (C=O) groups is 1. The minimum absolute atomic E-state index is 0.116. The van der Waals surface area contributed by atoms with Crippen molar-refractivity contribution < 1.29 is 33.6 Å². The van der Waals surface area contributed by atoms with E-state index in [9.17, 15) is 15.0 Å². The average Bonchev–Trinajstić information content (AvgIpc) is 3.46. The second kappa shape index (κ2) is 11.2. The smallest absolute Gasteiger partial charge is 0.189 e. The fraction of sp³-hybridized carbons (Fsp3) is 0.690. The predicted molar refractivity (Wildman–Crippen MR) is 138 cm³/mol. The Morgan fingerprint density at radius 2 is 2.00 bits per heavy atom. The zero-order valence-electron chi connectivity index (χ0n) is 22.3. The first-order chi connectivity index (χ1) is 17.3. The van der Waals surface area contributed by atoms with E-state index in [1.54, 1.807) is 6.26 Å². The third-order valence-corrected chi connectivity index (χ3v) is 7.73. The molecule has 200 valence electrons. The summed E-state index contributed by atoms with van der Waals surface area (Å²) >= 11 is 0. The third kappa shape index (κ3) is 4.83. The Labute approximate surface area is 214 Å². The molecule has 4 rings (SSSR count). The Kier molecular flexibility index (Phi) is 8.45. The number of aldehydes is 1. The number of aliphatic hydroxyl groups is 2. The van der Waals surface area contributed by atoms with Gasteiger partial charge in [-0.05, 0) is 43.2 Å². The third-order valence-electron chi connectivity index (χ3n) is 7.73. The molecule has 0 saturated carbocycles. The van der Waals surface area contributed by atoms with Gasteiger partial charge in [0.05, 0.1) is 36.7 Å². The lowest BCUT2D eigenvalue weighted by Gasteiger charge is -2.39. The van der Waals surface area contributed by atoms with E-state index in [1.807, 2.05) is 6.92 Å². The summed E-state index contributed by atoms with van der Waals surface area (Å²) in [6.07, 6.45) is 5.39. The van der Waals surface area contributed by atoms with E-state index in [1.165, 1.54) is 0 Å². The van der Waals surface area contributed by atoms with Crippen LogP contribution < -0.4 is 4.74 Å². The molecule has 2 fully saturated rings. The van der Waals surface area contributed by atoms with Gasteiger partial charge in [-0.1, -0.05) is 47.5 Å². The predicted octanol–water partition coefficient (Wildman–Crippen LogP) is 5.52. The van der Waals surface area contributed by atoms with Crippen LogP contribution in [0.3, 0.4) is 0 Å². The molecule has 6 unspecified atom stereocenters. The Balaban J connectivity index is 1.73. The highest BCUT2D eigenvalue weighted by Gasteiger charge is 2.68. The van der Waals surface area contributed by atoms with Crippen LogP contribution in [-0.4, -0.2) is 53.3 Å². The Morgan fingerprint density at radius 3 is 2.58 bits per heavy atom. The second-order valence-electron chi connectivity index (χ2n) is 10.8. The van der Waals surface area contributed by atoms with E-state index >= 15 is 0 Å². The zero-order valence-corrected chi connectivity index (χ0v) is 22.3. The molecule has 2 aliphatic rings. The highest BCUT2D eigenvalue weighted by Crippen LogP contribution is 2.51. The summed E-state index contributed by atoms with van der Waals surface area (Å²) < 4.78 is 24.0. The van der Waals surface area contributed by atoms with Crippen molar-refractivity contribution in [3.05, 3.63) is 29.0 Å². The molecule has 36 heavy (non-hydrogen) atoms.